The van der Waals surface area contributed by atoms with Gasteiger partial charge in [-0.2, -0.15) is 13.2 Å². The number of ether oxygens (including phenoxy) is 1. The Morgan fingerprint density at radius 2 is 1.97 bits per heavy atom. The van der Waals surface area contributed by atoms with E-state index in [1.165, 1.54) is 0 Å². The topological polar surface area (TPSA) is 71.0 Å². The van der Waals surface area contributed by atoms with Crippen molar-refractivity contribution in [2.45, 2.75) is 37.9 Å². The lowest BCUT2D eigenvalue weighted by Gasteiger charge is -2.39. The average Bonchev–Trinajstić information content (AvgIpc) is 2.58. The third-order valence-electron chi connectivity index (χ3n) is 4.53. The van der Waals surface area contributed by atoms with Gasteiger partial charge in [0.25, 0.3) is 0 Å². The fraction of sp³-hybridized carbons (Fsp3) is 0.611. The van der Waals surface area contributed by atoms with Crippen LogP contribution in [0, 0.1) is 0 Å². The van der Waals surface area contributed by atoms with E-state index in [-0.39, 0.29) is 36.3 Å². The maximum atomic E-state index is 12.2. The molecule has 1 aromatic carbocycles. The minimum atomic E-state index is -4.35. The Balaban J connectivity index is 0.00000420. The molecule has 0 bridgehead atoms. The van der Waals surface area contributed by atoms with Gasteiger partial charge >= 0.3 is 6.18 Å². The van der Waals surface area contributed by atoms with Gasteiger partial charge in [-0.1, -0.05) is 24.3 Å². The largest absolute Gasteiger partial charge is 0.411 e. The Labute approximate surface area is 186 Å². The van der Waals surface area contributed by atoms with Crippen LogP contribution in [0.3, 0.4) is 0 Å². The summed E-state index contributed by atoms with van der Waals surface area (Å²) in [5, 5.41) is 3.19. The molecule has 0 aliphatic carbocycles. The summed E-state index contributed by atoms with van der Waals surface area (Å²) in [6.07, 6.45) is -4.35. The molecule has 1 fully saturated rings. The number of hydrogen-bond acceptors (Lipinski definition) is 4. The van der Waals surface area contributed by atoms with Crippen molar-refractivity contribution in [1.82, 2.24) is 10.2 Å². The number of alkyl halides is 3. The number of hydrogen-bond donors (Lipinski definition) is 1. The van der Waals surface area contributed by atoms with Crippen LogP contribution in [-0.2, 0) is 27.7 Å². The van der Waals surface area contributed by atoms with Crippen LogP contribution in [0.1, 0.15) is 25.0 Å². The van der Waals surface area contributed by atoms with Gasteiger partial charge in [-0.25, -0.2) is 8.42 Å². The SMILES string of the molecule is CN=C(NCc1cccc(COCC(F)(F)F)c1)N1CCS(=O)(=O)C(C)(C)C1.I. The molecule has 1 heterocycles. The van der Waals surface area contributed by atoms with E-state index in [9.17, 15) is 21.6 Å². The number of rotatable bonds is 5. The van der Waals surface area contributed by atoms with Crippen LogP contribution in [0.25, 0.3) is 0 Å². The average molecular weight is 549 g/mol. The zero-order chi connectivity index (χ0) is 21.0. The van der Waals surface area contributed by atoms with E-state index in [1.807, 2.05) is 11.0 Å². The van der Waals surface area contributed by atoms with E-state index in [4.69, 9.17) is 0 Å². The summed E-state index contributed by atoms with van der Waals surface area (Å²) in [7, 11) is -1.52. The molecule has 166 valence electrons. The van der Waals surface area contributed by atoms with Gasteiger partial charge in [-0.15, -0.1) is 24.0 Å². The molecular weight excluding hydrogens is 522 g/mol. The zero-order valence-corrected chi connectivity index (χ0v) is 19.8. The second-order valence-corrected chi connectivity index (χ2v) is 10.1. The minimum Gasteiger partial charge on any atom is -0.367 e. The summed E-state index contributed by atoms with van der Waals surface area (Å²) in [6.45, 7) is 3.09. The number of aliphatic imine (C=N–C) groups is 1. The number of sulfone groups is 1. The maximum Gasteiger partial charge on any atom is 0.411 e. The van der Waals surface area contributed by atoms with E-state index < -0.39 is 27.4 Å². The van der Waals surface area contributed by atoms with Crippen LogP contribution >= 0.6 is 24.0 Å². The molecule has 0 atom stereocenters. The number of nitrogens with zero attached hydrogens (tertiary/aromatic N) is 2. The molecule has 1 saturated heterocycles. The third-order valence-corrected chi connectivity index (χ3v) is 7.06. The molecule has 6 nitrogen and oxygen atoms in total. The van der Waals surface area contributed by atoms with Gasteiger partial charge in [-0.3, -0.25) is 4.99 Å². The molecule has 1 aliphatic rings. The molecular formula is C18H27F3IN3O3S. The first kappa shape index (κ1) is 26.0. The van der Waals surface area contributed by atoms with Crippen molar-refractivity contribution in [3.63, 3.8) is 0 Å². The Bertz CT molecular complexity index is 814. The van der Waals surface area contributed by atoms with Crippen molar-refractivity contribution in [3.05, 3.63) is 35.4 Å². The normalized spacial score (nSPS) is 18.8. The monoisotopic (exact) mass is 549 g/mol. The molecule has 0 aromatic heterocycles. The molecule has 11 heteroatoms. The second-order valence-electron chi connectivity index (χ2n) is 7.33. The Morgan fingerprint density at radius 3 is 2.55 bits per heavy atom. The number of guanidine groups is 1. The van der Waals surface area contributed by atoms with Crippen molar-refractivity contribution in [3.8, 4) is 0 Å². The van der Waals surface area contributed by atoms with Gasteiger partial charge < -0.3 is 15.0 Å². The van der Waals surface area contributed by atoms with Gasteiger partial charge in [0.1, 0.15) is 6.61 Å². The first-order valence-electron chi connectivity index (χ1n) is 8.84. The highest BCUT2D eigenvalue weighted by molar-refractivity contribution is 14.0. The van der Waals surface area contributed by atoms with Crippen molar-refractivity contribution in [2.24, 2.45) is 4.99 Å². The van der Waals surface area contributed by atoms with Gasteiger partial charge in [-0.05, 0) is 25.0 Å². The van der Waals surface area contributed by atoms with Gasteiger partial charge in [0.2, 0.25) is 0 Å². The summed E-state index contributed by atoms with van der Waals surface area (Å²) in [5.74, 6) is 0.647. The number of benzene rings is 1. The molecule has 0 unspecified atom stereocenters. The smallest absolute Gasteiger partial charge is 0.367 e. The molecule has 1 aliphatic heterocycles. The minimum absolute atomic E-state index is 0. The second kappa shape index (κ2) is 10.3. The lowest BCUT2D eigenvalue weighted by atomic mass is 10.1. The van der Waals surface area contributed by atoms with Crippen molar-refractivity contribution in [2.75, 3.05) is 32.5 Å². The van der Waals surface area contributed by atoms with E-state index in [0.29, 0.717) is 31.2 Å². The van der Waals surface area contributed by atoms with Crippen LogP contribution in [0.15, 0.2) is 29.3 Å². The Kier molecular flexibility index (Phi) is 9.21. The summed E-state index contributed by atoms with van der Waals surface area (Å²) in [4.78, 5) is 6.13. The predicted octanol–water partition coefficient (Wildman–Crippen LogP) is 2.97. The maximum absolute atomic E-state index is 12.2. The standard InChI is InChI=1S/C18H26F3N3O3S.HI/c1-17(2)12-24(7-8-28(17,25)26)16(22-3)23-10-14-5-4-6-15(9-14)11-27-13-18(19,20)21;/h4-6,9H,7-8,10-13H2,1-3H3,(H,22,23);1H. The summed E-state index contributed by atoms with van der Waals surface area (Å²) in [6, 6.07) is 7.06. The molecule has 1 aromatic rings. The van der Waals surface area contributed by atoms with Crippen LogP contribution < -0.4 is 5.32 Å². The van der Waals surface area contributed by atoms with E-state index in [2.05, 4.69) is 15.0 Å². The van der Waals surface area contributed by atoms with Crippen molar-refractivity contribution < 1.29 is 26.3 Å². The first-order valence-corrected chi connectivity index (χ1v) is 10.5. The lowest BCUT2D eigenvalue weighted by molar-refractivity contribution is -0.176. The summed E-state index contributed by atoms with van der Waals surface area (Å²) < 4.78 is 64.7. The molecule has 0 radical (unpaired) electrons. The molecule has 1 N–H and O–H groups in total. The Hall–Kier alpha value is -1.08. The predicted molar refractivity (Wildman–Crippen MR) is 117 cm³/mol. The van der Waals surface area contributed by atoms with Crippen LogP contribution in [0.4, 0.5) is 13.2 Å². The third kappa shape index (κ3) is 7.59. The molecule has 0 amide bonds. The van der Waals surface area contributed by atoms with Crippen LogP contribution in [0.5, 0.6) is 0 Å². The van der Waals surface area contributed by atoms with E-state index >= 15 is 0 Å². The highest BCUT2D eigenvalue weighted by Gasteiger charge is 2.40. The highest BCUT2D eigenvalue weighted by Crippen LogP contribution is 2.23. The molecule has 0 spiro atoms. The van der Waals surface area contributed by atoms with Crippen LogP contribution in [0.2, 0.25) is 0 Å². The molecule has 29 heavy (non-hydrogen) atoms. The fourth-order valence-corrected chi connectivity index (χ4v) is 4.32. The Morgan fingerprint density at radius 1 is 1.31 bits per heavy atom. The first-order chi connectivity index (χ1) is 12.9. The number of nitrogens with one attached hydrogen (secondary N) is 1. The van der Waals surface area contributed by atoms with Gasteiger partial charge in [0.05, 0.1) is 17.1 Å². The van der Waals surface area contributed by atoms with Crippen LogP contribution in [-0.4, -0.2) is 62.7 Å². The molecule has 2 rings (SSSR count). The highest BCUT2D eigenvalue weighted by atomic mass is 127. The quantitative estimate of drug-likeness (QED) is 0.348. The number of halogens is 4. The van der Waals surface area contributed by atoms with E-state index in [1.54, 1.807) is 39.1 Å². The zero-order valence-electron chi connectivity index (χ0n) is 16.6. The summed E-state index contributed by atoms with van der Waals surface area (Å²) >= 11 is 0. The fourth-order valence-electron chi connectivity index (χ4n) is 2.95. The van der Waals surface area contributed by atoms with Gasteiger partial charge in [0.15, 0.2) is 15.8 Å². The summed E-state index contributed by atoms with van der Waals surface area (Å²) in [5.41, 5.74) is 1.50. The lowest BCUT2D eigenvalue weighted by Crippen LogP contribution is -2.57. The van der Waals surface area contributed by atoms with Gasteiger partial charge in [0, 0.05) is 26.7 Å². The van der Waals surface area contributed by atoms with Crippen molar-refractivity contribution in [1.29, 1.82) is 0 Å². The molecule has 0 saturated carbocycles. The van der Waals surface area contributed by atoms with Crippen molar-refractivity contribution >= 4 is 39.8 Å². The van der Waals surface area contributed by atoms with E-state index in [0.717, 1.165) is 5.56 Å².